The number of carboxylic acid groups (broad SMARTS) is 1. The van der Waals surface area contributed by atoms with Crippen molar-refractivity contribution in [2.24, 2.45) is 0 Å². The van der Waals surface area contributed by atoms with Crippen molar-refractivity contribution in [2.75, 3.05) is 0 Å². The van der Waals surface area contributed by atoms with E-state index in [-0.39, 0.29) is 0 Å². The molecule has 1 N–H and O–H groups in total. The van der Waals surface area contributed by atoms with Crippen molar-refractivity contribution < 1.29 is 9.90 Å². The van der Waals surface area contributed by atoms with Crippen molar-refractivity contribution in [1.29, 1.82) is 0 Å². The van der Waals surface area contributed by atoms with Crippen molar-refractivity contribution in [2.45, 2.75) is 5.88 Å². The van der Waals surface area contributed by atoms with E-state index in [9.17, 15) is 4.79 Å². The van der Waals surface area contributed by atoms with Crippen LogP contribution in [0.5, 0.6) is 0 Å². The van der Waals surface area contributed by atoms with Gasteiger partial charge in [0.15, 0.2) is 0 Å². The highest BCUT2D eigenvalue weighted by molar-refractivity contribution is 7.79. The van der Waals surface area contributed by atoms with Gasteiger partial charge in [-0.05, 0) is 41.5 Å². The third-order valence-corrected chi connectivity index (χ3v) is 7.15. The number of hydrogen-bond acceptors (Lipinski definition) is 1. The number of hydrogen-bond donors (Lipinski definition) is 1. The topological polar surface area (TPSA) is 37.3 Å². The fourth-order valence-electron chi connectivity index (χ4n) is 2.91. The molecule has 0 bridgehead atoms. The highest BCUT2D eigenvalue weighted by Crippen LogP contribution is 2.32. The average Bonchev–Trinajstić information content (AvgIpc) is 2.82. The molecule has 0 atom stereocenters. The number of halogens is 1. The average molecular weight is 433 g/mol. The molecule has 0 aliphatic rings. The van der Waals surface area contributed by atoms with Crippen LogP contribution in [0.3, 0.4) is 0 Å². The maximum Gasteiger partial charge on any atom is 0.335 e. The van der Waals surface area contributed by atoms with Crippen LogP contribution in [0.4, 0.5) is 0 Å². The van der Waals surface area contributed by atoms with Gasteiger partial charge >= 0.3 is 5.97 Å². The van der Waals surface area contributed by atoms with Crippen LogP contribution in [0, 0.1) is 0 Å². The van der Waals surface area contributed by atoms with E-state index in [1.54, 1.807) is 24.3 Å². The van der Waals surface area contributed by atoms with Gasteiger partial charge in [-0.3, -0.25) is 0 Å². The highest BCUT2D eigenvalue weighted by Gasteiger charge is 2.14. The quantitative estimate of drug-likeness (QED) is 0.331. The van der Waals surface area contributed by atoms with Crippen molar-refractivity contribution >= 4 is 41.4 Å². The molecule has 4 rings (SSSR count). The Balaban J connectivity index is 0.000000199. The first-order valence-electron chi connectivity index (χ1n) is 9.52. The highest BCUT2D eigenvalue weighted by atomic mass is 35.5. The molecule has 0 aromatic heterocycles. The Kier molecular flexibility index (Phi) is 8.20. The van der Waals surface area contributed by atoms with Crippen molar-refractivity contribution in [3.63, 3.8) is 0 Å². The van der Waals surface area contributed by atoms with Crippen LogP contribution >= 0.6 is 19.5 Å². The van der Waals surface area contributed by atoms with Gasteiger partial charge < -0.3 is 5.11 Å². The molecule has 0 amide bonds. The van der Waals surface area contributed by atoms with E-state index in [1.165, 1.54) is 15.9 Å². The van der Waals surface area contributed by atoms with Gasteiger partial charge in [-0.25, -0.2) is 4.79 Å². The molecule has 0 radical (unpaired) electrons. The summed E-state index contributed by atoms with van der Waals surface area (Å²) in [5.74, 6) is -0.494. The molecule has 0 saturated carbocycles. The molecule has 0 fully saturated rings. The van der Waals surface area contributed by atoms with Crippen LogP contribution in [0.25, 0.3) is 0 Å². The molecule has 0 aliphatic carbocycles. The summed E-state index contributed by atoms with van der Waals surface area (Å²) < 4.78 is 0. The minimum atomic E-state index is -0.911. The summed E-state index contributed by atoms with van der Waals surface area (Å²) in [6.45, 7) is 0. The maximum absolute atomic E-state index is 10.4. The molecule has 4 aromatic carbocycles. The summed E-state index contributed by atoms with van der Waals surface area (Å²) in [5, 5.41) is 12.7. The van der Waals surface area contributed by atoms with Crippen molar-refractivity contribution in [3.8, 4) is 0 Å². The Bertz CT molecular complexity index is 943. The minimum absolute atomic E-state index is 0.291. The van der Waals surface area contributed by atoms with Crippen molar-refractivity contribution in [3.05, 3.63) is 126 Å². The summed E-state index contributed by atoms with van der Waals surface area (Å²) in [4.78, 5) is 10.4. The number of carboxylic acids is 1. The lowest BCUT2D eigenvalue weighted by Gasteiger charge is -2.18. The molecule has 4 aromatic rings. The molecule has 0 saturated heterocycles. The SMILES string of the molecule is O=C(O)c1ccc(CCl)cc1.c1ccc(P(c2ccccc2)c2ccccc2)cc1. The molecule has 0 unspecified atom stereocenters. The number of benzene rings is 4. The second-order valence-corrected chi connectivity index (χ2v) is 8.97. The van der Waals surface area contributed by atoms with E-state index in [1.807, 2.05) is 0 Å². The molecular formula is C26H22ClO2P. The second-order valence-electron chi connectivity index (χ2n) is 6.48. The molecule has 2 nitrogen and oxygen atoms in total. The van der Waals surface area contributed by atoms with E-state index in [4.69, 9.17) is 16.7 Å². The maximum atomic E-state index is 10.4. The lowest BCUT2D eigenvalue weighted by atomic mass is 10.1. The van der Waals surface area contributed by atoms with Crippen molar-refractivity contribution in [1.82, 2.24) is 0 Å². The van der Waals surface area contributed by atoms with Gasteiger partial charge in [-0.15, -0.1) is 11.6 Å². The zero-order valence-corrected chi connectivity index (χ0v) is 18.0. The Morgan fingerprint density at radius 1 is 0.633 bits per heavy atom. The molecule has 150 valence electrons. The predicted octanol–water partition coefficient (Wildman–Crippen LogP) is 5.57. The standard InChI is InChI=1S/C18H15P.C8H7ClO2/c1-4-10-16(11-5-1)19(17-12-6-2-7-13-17)18-14-8-3-9-15-18;9-5-6-1-3-7(4-2-6)8(10)11/h1-15H;1-4H,5H2,(H,10,11). The van der Waals surface area contributed by atoms with Gasteiger partial charge in [0.25, 0.3) is 0 Å². The smallest absolute Gasteiger partial charge is 0.335 e. The molecule has 0 aliphatic heterocycles. The largest absolute Gasteiger partial charge is 0.478 e. The first kappa shape index (κ1) is 21.8. The third kappa shape index (κ3) is 6.03. The molecule has 4 heteroatoms. The predicted molar refractivity (Wildman–Crippen MR) is 128 cm³/mol. The van der Waals surface area contributed by atoms with Crippen LogP contribution in [-0.4, -0.2) is 11.1 Å². The monoisotopic (exact) mass is 432 g/mol. The first-order chi connectivity index (χ1) is 14.7. The van der Waals surface area contributed by atoms with Gasteiger partial charge in [0.1, 0.15) is 0 Å². The van der Waals surface area contributed by atoms with Gasteiger partial charge in [0.2, 0.25) is 0 Å². The minimum Gasteiger partial charge on any atom is -0.478 e. The molecule has 0 heterocycles. The lowest BCUT2D eigenvalue weighted by Crippen LogP contribution is -2.20. The van der Waals surface area contributed by atoms with E-state index in [0.717, 1.165) is 5.56 Å². The summed E-state index contributed by atoms with van der Waals surface area (Å²) in [6.07, 6.45) is 0. The van der Waals surface area contributed by atoms with Crippen LogP contribution in [0.1, 0.15) is 15.9 Å². The number of aromatic carboxylic acids is 1. The van der Waals surface area contributed by atoms with Gasteiger partial charge in [-0.2, -0.15) is 0 Å². The van der Waals surface area contributed by atoms with Gasteiger partial charge in [0, 0.05) is 5.88 Å². The molecular weight excluding hydrogens is 411 g/mol. The van der Waals surface area contributed by atoms with E-state index in [0.29, 0.717) is 11.4 Å². The fourth-order valence-corrected chi connectivity index (χ4v) is 5.40. The van der Waals surface area contributed by atoms with Crippen LogP contribution in [0.15, 0.2) is 115 Å². The normalized spacial score (nSPS) is 10.2. The van der Waals surface area contributed by atoms with Gasteiger partial charge in [-0.1, -0.05) is 103 Å². The Morgan fingerprint density at radius 3 is 1.30 bits per heavy atom. The molecule has 0 spiro atoms. The second kappa shape index (κ2) is 11.3. The lowest BCUT2D eigenvalue weighted by molar-refractivity contribution is 0.0697. The van der Waals surface area contributed by atoms with E-state index < -0.39 is 13.9 Å². The van der Waals surface area contributed by atoms with Crippen LogP contribution in [-0.2, 0) is 5.88 Å². The summed E-state index contributed by atoms with van der Waals surface area (Å²) in [6, 6.07) is 38.8. The van der Waals surface area contributed by atoms with E-state index >= 15 is 0 Å². The van der Waals surface area contributed by atoms with Gasteiger partial charge in [0.05, 0.1) is 5.56 Å². The third-order valence-electron chi connectivity index (χ3n) is 4.40. The summed E-state index contributed by atoms with van der Waals surface area (Å²) >= 11 is 5.51. The number of carbonyl (C=O) groups is 1. The fraction of sp³-hybridized carbons (Fsp3) is 0.0385. The Hall–Kier alpha value is -2.93. The first-order valence-corrected chi connectivity index (χ1v) is 11.4. The zero-order chi connectivity index (χ0) is 21.2. The Labute approximate surface area is 183 Å². The van der Waals surface area contributed by atoms with Crippen LogP contribution < -0.4 is 15.9 Å². The summed E-state index contributed by atoms with van der Waals surface area (Å²) in [7, 11) is -0.446. The number of rotatable bonds is 5. The number of alkyl halides is 1. The zero-order valence-electron chi connectivity index (χ0n) is 16.4. The summed E-state index contributed by atoms with van der Waals surface area (Å²) in [5.41, 5.74) is 1.22. The van der Waals surface area contributed by atoms with Crippen LogP contribution in [0.2, 0.25) is 0 Å². The Morgan fingerprint density at radius 2 is 1.00 bits per heavy atom. The molecule has 30 heavy (non-hydrogen) atoms. The van der Waals surface area contributed by atoms with E-state index in [2.05, 4.69) is 91.0 Å².